The van der Waals surface area contributed by atoms with E-state index in [1.54, 1.807) is 31.2 Å². The SMILES string of the molecule is CC1(O)CCN(c2cc(C(=O)O)c3ccccc3n2)C1. The fourth-order valence-electron chi connectivity index (χ4n) is 2.64. The molecule has 2 heterocycles. The molecule has 1 saturated heterocycles. The van der Waals surface area contributed by atoms with E-state index in [-0.39, 0.29) is 5.56 Å². The molecule has 2 aromatic rings. The van der Waals surface area contributed by atoms with E-state index in [1.807, 2.05) is 11.0 Å². The molecule has 0 radical (unpaired) electrons. The average molecular weight is 272 g/mol. The van der Waals surface area contributed by atoms with Gasteiger partial charge in [0.05, 0.1) is 16.7 Å². The Morgan fingerprint density at radius 1 is 1.40 bits per heavy atom. The standard InChI is InChI=1S/C15H16N2O3/c1-15(20)6-7-17(9-15)13-8-11(14(18)19)10-4-2-3-5-12(10)16-13/h2-5,8,20H,6-7,9H2,1H3,(H,18,19). The van der Waals surface area contributed by atoms with Gasteiger partial charge in [0.1, 0.15) is 5.82 Å². The van der Waals surface area contributed by atoms with Crippen LogP contribution in [0.5, 0.6) is 0 Å². The van der Waals surface area contributed by atoms with Crippen LogP contribution in [-0.4, -0.2) is 39.9 Å². The molecule has 0 amide bonds. The first-order valence-electron chi connectivity index (χ1n) is 6.57. The van der Waals surface area contributed by atoms with Crippen LogP contribution < -0.4 is 4.90 Å². The number of para-hydroxylation sites is 1. The number of aromatic nitrogens is 1. The van der Waals surface area contributed by atoms with Crippen LogP contribution in [0.25, 0.3) is 10.9 Å². The molecule has 5 heteroatoms. The number of benzene rings is 1. The van der Waals surface area contributed by atoms with E-state index in [0.717, 1.165) is 0 Å². The second kappa shape index (κ2) is 4.45. The first-order valence-corrected chi connectivity index (χ1v) is 6.57. The first kappa shape index (κ1) is 12.9. The second-order valence-corrected chi connectivity index (χ2v) is 5.52. The number of anilines is 1. The van der Waals surface area contributed by atoms with Gasteiger partial charge in [-0.2, -0.15) is 0 Å². The zero-order valence-corrected chi connectivity index (χ0v) is 11.2. The topological polar surface area (TPSA) is 73.7 Å². The van der Waals surface area contributed by atoms with Crippen molar-refractivity contribution >= 4 is 22.7 Å². The van der Waals surface area contributed by atoms with E-state index in [9.17, 15) is 15.0 Å². The number of carboxylic acid groups (broad SMARTS) is 1. The van der Waals surface area contributed by atoms with Gasteiger partial charge in [0.2, 0.25) is 0 Å². The average Bonchev–Trinajstić information content (AvgIpc) is 2.77. The largest absolute Gasteiger partial charge is 0.478 e. The third kappa shape index (κ3) is 2.20. The molecule has 1 fully saturated rings. The minimum atomic E-state index is -0.962. The molecule has 0 aliphatic carbocycles. The number of hydrogen-bond donors (Lipinski definition) is 2. The lowest BCUT2D eigenvalue weighted by Crippen LogP contribution is -2.30. The van der Waals surface area contributed by atoms with Gasteiger partial charge in [0, 0.05) is 18.5 Å². The van der Waals surface area contributed by atoms with E-state index < -0.39 is 11.6 Å². The van der Waals surface area contributed by atoms with Crippen molar-refractivity contribution < 1.29 is 15.0 Å². The molecule has 1 aliphatic rings. The Bertz CT molecular complexity index is 682. The van der Waals surface area contributed by atoms with Gasteiger partial charge >= 0.3 is 5.97 Å². The maximum absolute atomic E-state index is 11.4. The molecular formula is C15H16N2O3. The molecule has 1 atom stereocenters. The molecule has 1 unspecified atom stereocenters. The van der Waals surface area contributed by atoms with Gasteiger partial charge < -0.3 is 15.1 Å². The summed E-state index contributed by atoms with van der Waals surface area (Å²) in [6.45, 7) is 2.93. The summed E-state index contributed by atoms with van der Waals surface area (Å²) < 4.78 is 0. The van der Waals surface area contributed by atoms with Crippen LogP contribution in [0, 0.1) is 0 Å². The highest BCUT2D eigenvalue weighted by Crippen LogP contribution is 2.28. The van der Waals surface area contributed by atoms with Crippen LogP contribution >= 0.6 is 0 Å². The Kier molecular flexibility index (Phi) is 2.87. The monoisotopic (exact) mass is 272 g/mol. The number of fused-ring (bicyclic) bond motifs is 1. The van der Waals surface area contributed by atoms with Gasteiger partial charge in [0.25, 0.3) is 0 Å². The molecule has 3 rings (SSSR count). The van der Waals surface area contributed by atoms with Gasteiger partial charge in [-0.15, -0.1) is 0 Å². The van der Waals surface area contributed by atoms with Crippen LogP contribution in [-0.2, 0) is 0 Å². The third-order valence-corrected chi connectivity index (χ3v) is 3.71. The molecule has 0 bridgehead atoms. The number of carboxylic acids is 1. The molecule has 104 valence electrons. The van der Waals surface area contributed by atoms with Gasteiger partial charge in [-0.25, -0.2) is 9.78 Å². The van der Waals surface area contributed by atoms with E-state index in [0.29, 0.717) is 36.2 Å². The predicted molar refractivity (Wildman–Crippen MR) is 76.2 cm³/mol. The molecule has 0 saturated carbocycles. The van der Waals surface area contributed by atoms with Crippen molar-refractivity contribution in [2.75, 3.05) is 18.0 Å². The number of nitrogens with zero attached hydrogens (tertiary/aromatic N) is 2. The Labute approximate surface area is 116 Å². The van der Waals surface area contributed by atoms with E-state index in [2.05, 4.69) is 4.98 Å². The van der Waals surface area contributed by atoms with E-state index in [1.165, 1.54) is 0 Å². The van der Waals surface area contributed by atoms with E-state index >= 15 is 0 Å². The van der Waals surface area contributed by atoms with Crippen molar-refractivity contribution in [1.29, 1.82) is 0 Å². The Hall–Kier alpha value is -2.14. The van der Waals surface area contributed by atoms with E-state index in [4.69, 9.17) is 0 Å². The smallest absolute Gasteiger partial charge is 0.336 e. The lowest BCUT2D eigenvalue weighted by Gasteiger charge is -2.20. The lowest BCUT2D eigenvalue weighted by molar-refractivity contribution is 0.0699. The molecule has 2 N–H and O–H groups in total. The summed E-state index contributed by atoms with van der Waals surface area (Å²) in [7, 11) is 0. The Morgan fingerprint density at radius 2 is 2.15 bits per heavy atom. The van der Waals surface area contributed by atoms with Gasteiger partial charge in [-0.1, -0.05) is 18.2 Å². The predicted octanol–water partition coefficient (Wildman–Crippen LogP) is 1.89. The van der Waals surface area contributed by atoms with Gasteiger partial charge in [-0.05, 0) is 25.5 Å². The fourth-order valence-corrected chi connectivity index (χ4v) is 2.64. The Morgan fingerprint density at radius 3 is 2.80 bits per heavy atom. The number of rotatable bonds is 2. The summed E-state index contributed by atoms with van der Waals surface area (Å²) in [6.07, 6.45) is 0.657. The maximum Gasteiger partial charge on any atom is 0.336 e. The maximum atomic E-state index is 11.4. The zero-order chi connectivity index (χ0) is 14.3. The van der Waals surface area contributed by atoms with Crippen LogP contribution in [0.3, 0.4) is 0 Å². The summed E-state index contributed by atoms with van der Waals surface area (Å²) in [5.74, 6) is -0.352. The Balaban J connectivity index is 2.11. The number of carbonyl (C=O) groups is 1. The minimum Gasteiger partial charge on any atom is -0.478 e. The highest BCUT2D eigenvalue weighted by Gasteiger charge is 2.32. The number of hydrogen-bond acceptors (Lipinski definition) is 4. The molecule has 5 nitrogen and oxygen atoms in total. The van der Waals surface area contributed by atoms with Gasteiger partial charge in [-0.3, -0.25) is 0 Å². The summed E-state index contributed by atoms with van der Waals surface area (Å²) in [6, 6.07) is 8.79. The van der Waals surface area contributed by atoms with Crippen LogP contribution in [0.2, 0.25) is 0 Å². The van der Waals surface area contributed by atoms with Crippen molar-refractivity contribution in [1.82, 2.24) is 4.98 Å². The quantitative estimate of drug-likeness (QED) is 0.873. The highest BCUT2D eigenvalue weighted by molar-refractivity contribution is 6.03. The number of aliphatic hydroxyl groups is 1. The number of pyridine rings is 1. The fraction of sp³-hybridized carbons (Fsp3) is 0.333. The molecule has 1 aromatic heterocycles. The summed E-state index contributed by atoms with van der Waals surface area (Å²) >= 11 is 0. The number of β-amino-alcohol motifs (C(OH)–C–C–N with tert-alkyl or cyclic N) is 1. The summed E-state index contributed by atoms with van der Waals surface area (Å²) in [5.41, 5.74) is 0.169. The van der Waals surface area contributed by atoms with Crippen LogP contribution in [0.15, 0.2) is 30.3 Å². The number of aromatic carboxylic acids is 1. The molecule has 1 aliphatic heterocycles. The summed E-state index contributed by atoms with van der Waals surface area (Å²) in [4.78, 5) is 17.9. The molecule has 0 spiro atoms. The first-order chi connectivity index (χ1) is 9.46. The molecule has 1 aromatic carbocycles. The zero-order valence-electron chi connectivity index (χ0n) is 11.2. The third-order valence-electron chi connectivity index (χ3n) is 3.71. The van der Waals surface area contributed by atoms with Crippen molar-refractivity contribution in [3.8, 4) is 0 Å². The van der Waals surface area contributed by atoms with Crippen molar-refractivity contribution in [3.63, 3.8) is 0 Å². The lowest BCUT2D eigenvalue weighted by atomic mass is 10.1. The van der Waals surface area contributed by atoms with Crippen LogP contribution in [0.1, 0.15) is 23.7 Å². The molecule has 20 heavy (non-hydrogen) atoms. The van der Waals surface area contributed by atoms with Crippen molar-refractivity contribution in [3.05, 3.63) is 35.9 Å². The van der Waals surface area contributed by atoms with Crippen molar-refractivity contribution in [2.45, 2.75) is 18.9 Å². The highest BCUT2D eigenvalue weighted by atomic mass is 16.4. The normalized spacial score (nSPS) is 22.4. The molecular weight excluding hydrogens is 256 g/mol. The van der Waals surface area contributed by atoms with Crippen molar-refractivity contribution in [2.24, 2.45) is 0 Å². The van der Waals surface area contributed by atoms with Crippen LogP contribution in [0.4, 0.5) is 5.82 Å². The summed E-state index contributed by atoms with van der Waals surface area (Å²) in [5, 5.41) is 20.0. The van der Waals surface area contributed by atoms with Gasteiger partial charge in [0.15, 0.2) is 0 Å². The second-order valence-electron chi connectivity index (χ2n) is 5.52. The minimum absolute atomic E-state index is 0.247.